The first-order valence-electron chi connectivity index (χ1n) is 3.90. The van der Waals surface area contributed by atoms with Crippen molar-refractivity contribution in [2.45, 2.75) is 13.5 Å². The van der Waals surface area contributed by atoms with Gasteiger partial charge in [-0.15, -0.1) is 12.4 Å². The average Bonchev–Trinajstić information content (AvgIpc) is 2.07. The van der Waals surface area contributed by atoms with Crippen LogP contribution in [0.15, 0.2) is 23.2 Å². The van der Waals surface area contributed by atoms with Gasteiger partial charge in [0, 0.05) is 5.02 Å². The Morgan fingerprint density at radius 2 is 2.07 bits per heavy atom. The summed E-state index contributed by atoms with van der Waals surface area (Å²) in [4.78, 5) is 3.91. The van der Waals surface area contributed by atoms with E-state index in [1.807, 2.05) is 25.1 Å². The van der Waals surface area contributed by atoms with Crippen LogP contribution in [0.2, 0.25) is 5.02 Å². The maximum Gasteiger partial charge on any atom is 0.186 e. The standard InChI is InChI=1S/C9H12ClN3.ClH/c1-6-7(5-13-9(11)12)3-2-4-8(6)10;/h2-4H,5H2,1H3,(H4,11,12,13);1H. The van der Waals surface area contributed by atoms with Gasteiger partial charge in [-0.25, -0.2) is 4.99 Å². The van der Waals surface area contributed by atoms with Crippen LogP contribution in [0.1, 0.15) is 11.1 Å². The predicted molar refractivity (Wildman–Crippen MR) is 63.0 cm³/mol. The van der Waals surface area contributed by atoms with Gasteiger partial charge in [0.25, 0.3) is 0 Å². The van der Waals surface area contributed by atoms with Crippen molar-refractivity contribution in [3.05, 3.63) is 34.3 Å². The lowest BCUT2D eigenvalue weighted by molar-refractivity contribution is 1.04. The molecule has 0 amide bonds. The zero-order chi connectivity index (χ0) is 9.84. The van der Waals surface area contributed by atoms with Gasteiger partial charge in [-0.3, -0.25) is 0 Å². The van der Waals surface area contributed by atoms with Gasteiger partial charge in [-0.2, -0.15) is 0 Å². The van der Waals surface area contributed by atoms with Gasteiger partial charge in [0.15, 0.2) is 5.96 Å². The summed E-state index contributed by atoms with van der Waals surface area (Å²) in [5.41, 5.74) is 12.5. The zero-order valence-corrected chi connectivity index (χ0v) is 9.40. The maximum atomic E-state index is 5.92. The minimum atomic E-state index is 0. The Morgan fingerprint density at radius 3 is 2.64 bits per heavy atom. The van der Waals surface area contributed by atoms with E-state index >= 15 is 0 Å². The number of guanidine groups is 1. The third kappa shape index (κ3) is 3.44. The monoisotopic (exact) mass is 233 g/mol. The third-order valence-corrected chi connectivity index (χ3v) is 2.22. The van der Waals surface area contributed by atoms with Crippen LogP contribution < -0.4 is 11.5 Å². The Balaban J connectivity index is 0.00000169. The van der Waals surface area contributed by atoms with E-state index in [1.54, 1.807) is 0 Å². The molecule has 0 radical (unpaired) electrons. The number of nitrogens with two attached hydrogens (primary N) is 2. The Bertz CT molecular complexity index is 333. The van der Waals surface area contributed by atoms with E-state index in [4.69, 9.17) is 23.1 Å². The second-order valence-corrected chi connectivity index (χ2v) is 3.17. The lowest BCUT2D eigenvalue weighted by Gasteiger charge is -2.03. The first-order valence-corrected chi connectivity index (χ1v) is 4.28. The molecule has 4 N–H and O–H groups in total. The number of hydrogen-bond donors (Lipinski definition) is 2. The Kier molecular flexibility index (Phi) is 5.35. The van der Waals surface area contributed by atoms with E-state index in [1.165, 1.54) is 0 Å². The Morgan fingerprint density at radius 1 is 1.43 bits per heavy atom. The molecule has 1 aromatic rings. The molecule has 0 unspecified atom stereocenters. The number of rotatable bonds is 2. The van der Waals surface area contributed by atoms with E-state index in [9.17, 15) is 0 Å². The smallest absolute Gasteiger partial charge is 0.186 e. The molecular formula is C9H13Cl2N3. The van der Waals surface area contributed by atoms with Gasteiger partial charge < -0.3 is 11.5 Å². The van der Waals surface area contributed by atoms with Crippen molar-refractivity contribution in [3.63, 3.8) is 0 Å². The van der Waals surface area contributed by atoms with Crippen molar-refractivity contribution in [2.24, 2.45) is 16.5 Å². The van der Waals surface area contributed by atoms with E-state index in [-0.39, 0.29) is 18.4 Å². The summed E-state index contributed by atoms with van der Waals surface area (Å²) in [6, 6.07) is 5.68. The molecule has 0 aliphatic heterocycles. The molecule has 0 fully saturated rings. The minimum Gasteiger partial charge on any atom is -0.370 e. The molecular weight excluding hydrogens is 221 g/mol. The van der Waals surface area contributed by atoms with Crippen molar-refractivity contribution in [2.75, 3.05) is 0 Å². The normalized spacial score (nSPS) is 9.00. The van der Waals surface area contributed by atoms with Crippen LogP contribution in [0.5, 0.6) is 0 Å². The van der Waals surface area contributed by atoms with Gasteiger partial charge >= 0.3 is 0 Å². The van der Waals surface area contributed by atoms with Gasteiger partial charge in [0.2, 0.25) is 0 Å². The first-order chi connectivity index (χ1) is 6.11. The average molecular weight is 234 g/mol. The van der Waals surface area contributed by atoms with Gasteiger partial charge in [-0.1, -0.05) is 23.7 Å². The summed E-state index contributed by atoms with van der Waals surface area (Å²) in [6.07, 6.45) is 0. The number of halogens is 2. The maximum absolute atomic E-state index is 5.92. The third-order valence-electron chi connectivity index (χ3n) is 1.81. The first kappa shape index (κ1) is 13.1. The molecule has 0 spiro atoms. The molecule has 0 aliphatic rings. The molecule has 0 heterocycles. The second-order valence-electron chi connectivity index (χ2n) is 2.77. The Hall–Kier alpha value is -0.930. The number of nitrogens with zero attached hydrogens (tertiary/aromatic N) is 1. The van der Waals surface area contributed by atoms with E-state index in [0.717, 1.165) is 16.1 Å². The molecule has 0 aliphatic carbocycles. The van der Waals surface area contributed by atoms with Crippen molar-refractivity contribution in [3.8, 4) is 0 Å². The van der Waals surface area contributed by atoms with E-state index < -0.39 is 0 Å². The van der Waals surface area contributed by atoms with Crippen LogP contribution in [0, 0.1) is 6.92 Å². The molecule has 0 atom stereocenters. The van der Waals surface area contributed by atoms with Crippen LogP contribution in [0.25, 0.3) is 0 Å². The van der Waals surface area contributed by atoms with Gasteiger partial charge in [-0.05, 0) is 24.1 Å². The molecule has 5 heteroatoms. The molecule has 0 saturated heterocycles. The molecule has 14 heavy (non-hydrogen) atoms. The highest BCUT2D eigenvalue weighted by Crippen LogP contribution is 2.18. The SMILES string of the molecule is Cc1c(Cl)cccc1CN=C(N)N.Cl. The molecule has 3 nitrogen and oxygen atoms in total. The minimum absolute atomic E-state index is 0. The highest BCUT2D eigenvalue weighted by atomic mass is 35.5. The predicted octanol–water partition coefficient (Wildman–Crippen LogP) is 1.84. The van der Waals surface area contributed by atoms with Crippen LogP contribution in [0.3, 0.4) is 0 Å². The quantitative estimate of drug-likeness (QED) is 0.605. The largest absolute Gasteiger partial charge is 0.370 e. The van der Waals surface area contributed by atoms with Crippen molar-refractivity contribution in [1.29, 1.82) is 0 Å². The summed E-state index contributed by atoms with van der Waals surface area (Å²) in [5.74, 6) is 0.0966. The van der Waals surface area contributed by atoms with E-state index in [0.29, 0.717) is 6.54 Å². The Labute approximate surface area is 94.6 Å². The van der Waals surface area contributed by atoms with Crippen molar-refractivity contribution >= 4 is 30.0 Å². The second kappa shape index (κ2) is 5.73. The van der Waals surface area contributed by atoms with Crippen molar-refractivity contribution < 1.29 is 0 Å². The topological polar surface area (TPSA) is 64.4 Å². The zero-order valence-electron chi connectivity index (χ0n) is 7.83. The lowest BCUT2D eigenvalue weighted by Crippen LogP contribution is -2.22. The fraction of sp³-hybridized carbons (Fsp3) is 0.222. The van der Waals surface area contributed by atoms with E-state index in [2.05, 4.69) is 4.99 Å². The number of aliphatic imine (C=N–C) groups is 1. The summed E-state index contributed by atoms with van der Waals surface area (Å²) in [6.45, 7) is 2.43. The number of hydrogen-bond acceptors (Lipinski definition) is 1. The molecule has 1 aromatic carbocycles. The number of benzene rings is 1. The summed E-state index contributed by atoms with van der Waals surface area (Å²) in [7, 11) is 0. The molecule has 1 rings (SSSR count). The molecule has 78 valence electrons. The van der Waals surface area contributed by atoms with Crippen molar-refractivity contribution in [1.82, 2.24) is 0 Å². The summed E-state index contributed by atoms with van der Waals surface area (Å²) >= 11 is 5.92. The lowest BCUT2D eigenvalue weighted by atomic mass is 10.1. The van der Waals surface area contributed by atoms with Gasteiger partial charge in [0.1, 0.15) is 0 Å². The van der Waals surface area contributed by atoms with Crippen LogP contribution >= 0.6 is 24.0 Å². The summed E-state index contributed by atoms with van der Waals surface area (Å²) < 4.78 is 0. The fourth-order valence-corrected chi connectivity index (χ4v) is 1.19. The van der Waals surface area contributed by atoms with Crippen LogP contribution in [-0.2, 0) is 6.54 Å². The molecule has 0 bridgehead atoms. The fourth-order valence-electron chi connectivity index (χ4n) is 1.000. The molecule has 0 aromatic heterocycles. The highest BCUT2D eigenvalue weighted by Gasteiger charge is 2.00. The molecule has 0 saturated carbocycles. The highest BCUT2D eigenvalue weighted by molar-refractivity contribution is 6.31. The van der Waals surface area contributed by atoms with Gasteiger partial charge in [0.05, 0.1) is 6.54 Å². The summed E-state index contributed by atoms with van der Waals surface area (Å²) in [5, 5.41) is 0.739. The van der Waals surface area contributed by atoms with Crippen LogP contribution in [0.4, 0.5) is 0 Å². The van der Waals surface area contributed by atoms with Crippen LogP contribution in [-0.4, -0.2) is 5.96 Å².